The molecule has 0 aliphatic heterocycles. The molecule has 0 radical (unpaired) electrons. The summed E-state index contributed by atoms with van der Waals surface area (Å²) >= 11 is 0. The van der Waals surface area contributed by atoms with Crippen molar-refractivity contribution in [2.75, 3.05) is 18.4 Å². The zero-order valence-corrected chi connectivity index (χ0v) is 17.3. The summed E-state index contributed by atoms with van der Waals surface area (Å²) in [6, 6.07) is 15.5. The number of nitrogens with zero attached hydrogens (tertiary/aromatic N) is 1. The summed E-state index contributed by atoms with van der Waals surface area (Å²) in [5.74, 6) is -5.52. The summed E-state index contributed by atoms with van der Waals surface area (Å²) in [5.41, 5.74) is 0.291. The number of anilines is 1. The molecule has 2 aromatic carbocycles. The van der Waals surface area contributed by atoms with Gasteiger partial charge in [0.1, 0.15) is 0 Å². The average Bonchev–Trinajstić information content (AvgIpc) is 2.69. The highest BCUT2D eigenvalue weighted by Crippen LogP contribution is 2.38. The highest BCUT2D eigenvalue weighted by atomic mass is 19.3. The van der Waals surface area contributed by atoms with Gasteiger partial charge < -0.3 is 10.2 Å². The first-order valence-corrected chi connectivity index (χ1v) is 9.75. The quantitative estimate of drug-likeness (QED) is 0.690. The van der Waals surface area contributed by atoms with E-state index < -0.39 is 29.6 Å². The van der Waals surface area contributed by atoms with Crippen LogP contribution >= 0.6 is 0 Å². The first-order chi connectivity index (χ1) is 13.6. The lowest BCUT2D eigenvalue weighted by atomic mass is 9.76. The van der Waals surface area contributed by atoms with Crippen LogP contribution < -0.4 is 5.32 Å². The molecule has 0 saturated heterocycles. The molecule has 156 valence electrons. The third-order valence-electron chi connectivity index (χ3n) is 5.16. The maximum absolute atomic E-state index is 15.0. The van der Waals surface area contributed by atoms with E-state index in [1.165, 1.54) is 6.92 Å². The molecule has 2 aromatic rings. The molecule has 0 saturated carbocycles. The Balaban J connectivity index is 2.42. The monoisotopic (exact) mass is 402 g/mol. The summed E-state index contributed by atoms with van der Waals surface area (Å²) in [4.78, 5) is 26.7. The average molecular weight is 402 g/mol. The van der Waals surface area contributed by atoms with Gasteiger partial charge in [0.2, 0.25) is 5.91 Å². The molecule has 1 unspecified atom stereocenters. The van der Waals surface area contributed by atoms with Gasteiger partial charge in [-0.3, -0.25) is 9.59 Å². The van der Waals surface area contributed by atoms with Crippen LogP contribution in [0.25, 0.3) is 0 Å². The van der Waals surface area contributed by atoms with E-state index in [-0.39, 0.29) is 13.1 Å². The molecule has 1 atom stereocenters. The Morgan fingerprint density at radius 1 is 0.966 bits per heavy atom. The van der Waals surface area contributed by atoms with Crippen molar-refractivity contribution < 1.29 is 18.4 Å². The fraction of sp³-hybridized carbons (Fsp3) is 0.391. The van der Waals surface area contributed by atoms with Crippen LogP contribution in [0.5, 0.6) is 0 Å². The van der Waals surface area contributed by atoms with Gasteiger partial charge in [-0.05, 0) is 45.4 Å². The fourth-order valence-corrected chi connectivity index (χ4v) is 3.29. The Morgan fingerprint density at radius 3 is 2.03 bits per heavy atom. The van der Waals surface area contributed by atoms with Crippen molar-refractivity contribution in [2.24, 2.45) is 0 Å². The van der Waals surface area contributed by atoms with Gasteiger partial charge in [-0.25, -0.2) is 0 Å². The molecule has 0 fully saturated rings. The van der Waals surface area contributed by atoms with E-state index in [0.717, 1.165) is 10.5 Å². The molecule has 29 heavy (non-hydrogen) atoms. The normalized spacial score (nSPS) is 13.4. The second kappa shape index (κ2) is 9.16. The van der Waals surface area contributed by atoms with Gasteiger partial charge in [0, 0.05) is 25.2 Å². The highest BCUT2D eigenvalue weighted by molar-refractivity contribution is 5.99. The van der Waals surface area contributed by atoms with E-state index >= 15 is 8.78 Å². The summed E-state index contributed by atoms with van der Waals surface area (Å²) < 4.78 is 30.1. The standard InChI is InChI=1S/C23H28F2N2O2/c1-5-27(6-2)21(29)23(24,25)16-22(4,18-14-12-17(3)13-15-18)20(28)26-19-10-8-7-9-11-19/h7-15H,5-6,16H2,1-4H3,(H,26,28). The third-order valence-corrected chi connectivity index (χ3v) is 5.16. The van der Waals surface area contributed by atoms with Crippen LogP contribution in [0.15, 0.2) is 54.6 Å². The van der Waals surface area contributed by atoms with Crippen LogP contribution in [0.4, 0.5) is 14.5 Å². The van der Waals surface area contributed by atoms with Gasteiger partial charge in [0.05, 0.1) is 5.41 Å². The lowest BCUT2D eigenvalue weighted by Crippen LogP contribution is -2.50. The minimum atomic E-state index is -3.68. The summed E-state index contributed by atoms with van der Waals surface area (Å²) in [5, 5.41) is 2.72. The Kier molecular flexibility index (Phi) is 7.11. The van der Waals surface area contributed by atoms with Crippen molar-refractivity contribution in [3.05, 3.63) is 65.7 Å². The number of rotatable bonds is 8. The van der Waals surface area contributed by atoms with E-state index in [1.54, 1.807) is 68.4 Å². The van der Waals surface area contributed by atoms with Crippen LogP contribution in [-0.4, -0.2) is 35.7 Å². The second-order valence-corrected chi connectivity index (χ2v) is 7.38. The predicted octanol–water partition coefficient (Wildman–Crippen LogP) is 4.79. The van der Waals surface area contributed by atoms with E-state index in [2.05, 4.69) is 5.32 Å². The molecule has 6 heteroatoms. The van der Waals surface area contributed by atoms with Crippen molar-refractivity contribution in [1.29, 1.82) is 0 Å². The first-order valence-electron chi connectivity index (χ1n) is 9.75. The smallest absolute Gasteiger partial charge is 0.326 e. The van der Waals surface area contributed by atoms with Crippen LogP contribution in [0.1, 0.15) is 38.3 Å². The Hall–Kier alpha value is -2.76. The van der Waals surface area contributed by atoms with E-state index in [4.69, 9.17) is 0 Å². The molecule has 0 heterocycles. The lowest BCUT2D eigenvalue weighted by molar-refractivity contribution is -0.160. The third kappa shape index (κ3) is 5.19. The topological polar surface area (TPSA) is 49.4 Å². The zero-order chi connectivity index (χ0) is 21.7. The summed E-state index contributed by atoms with van der Waals surface area (Å²) in [6.45, 7) is 7.01. The number of halogens is 2. The number of aryl methyl sites for hydroxylation is 1. The molecule has 0 spiro atoms. The molecular weight excluding hydrogens is 374 g/mol. The van der Waals surface area contributed by atoms with Gasteiger partial charge in [0.25, 0.3) is 5.91 Å². The highest BCUT2D eigenvalue weighted by Gasteiger charge is 2.50. The summed E-state index contributed by atoms with van der Waals surface area (Å²) in [6.07, 6.45) is -0.920. The summed E-state index contributed by atoms with van der Waals surface area (Å²) in [7, 11) is 0. The number of nitrogens with one attached hydrogen (secondary N) is 1. The number of benzene rings is 2. The number of alkyl halides is 2. The molecule has 0 bridgehead atoms. The molecule has 0 aromatic heterocycles. The molecular formula is C23H28F2N2O2. The zero-order valence-electron chi connectivity index (χ0n) is 17.3. The van der Waals surface area contributed by atoms with E-state index in [1.807, 2.05) is 6.92 Å². The van der Waals surface area contributed by atoms with Crippen molar-refractivity contribution in [3.63, 3.8) is 0 Å². The van der Waals surface area contributed by atoms with Crippen LogP contribution in [0.3, 0.4) is 0 Å². The van der Waals surface area contributed by atoms with Gasteiger partial charge in [-0.1, -0.05) is 48.0 Å². The fourth-order valence-electron chi connectivity index (χ4n) is 3.29. The maximum atomic E-state index is 15.0. The van der Waals surface area contributed by atoms with Crippen molar-refractivity contribution >= 4 is 17.5 Å². The molecule has 2 rings (SSSR count). The van der Waals surface area contributed by atoms with Crippen LogP contribution in [0, 0.1) is 6.92 Å². The van der Waals surface area contributed by atoms with Gasteiger partial charge in [0.15, 0.2) is 0 Å². The van der Waals surface area contributed by atoms with E-state index in [0.29, 0.717) is 11.3 Å². The van der Waals surface area contributed by atoms with Gasteiger partial charge in [-0.15, -0.1) is 0 Å². The Labute approximate surface area is 170 Å². The largest absolute Gasteiger partial charge is 0.338 e. The predicted molar refractivity (Wildman–Crippen MR) is 111 cm³/mol. The number of carbonyl (C=O) groups excluding carboxylic acids is 2. The van der Waals surface area contributed by atoms with Crippen molar-refractivity contribution in [1.82, 2.24) is 4.90 Å². The minimum absolute atomic E-state index is 0.183. The molecule has 2 amide bonds. The number of amides is 2. The van der Waals surface area contributed by atoms with Gasteiger partial charge in [-0.2, -0.15) is 8.78 Å². The van der Waals surface area contributed by atoms with Crippen molar-refractivity contribution in [3.8, 4) is 0 Å². The molecule has 0 aliphatic rings. The lowest BCUT2D eigenvalue weighted by Gasteiger charge is -2.34. The number of carbonyl (C=O) groups is 2. The SMILES string of the molecule is CCN(CC)C(=O)C(F)(F)CC(C)(C(=O)Nc1ccccc1)c1ccc(C)cc1. The Bertz CT molecular complexity index is 834. The van der Waals surface area contributed by atoms with Gasteiger partial charge >= 0.3 is 5.92 Å². The molecule has 1 N–H and O–H groups in total. The Morgan fingerprint density at radius 2 is 1.52 bits per heavy atom. The minimum Gasteiger partial charge on any atom is -0.338 e. The van der Waals surface area contributed by atoms with Crippen LogP contribution in [-0.2, 0) is 15.0 Å². The number of hydrogen-bond donors (Lipinski definition) is 1. The first kappa shape index (κ1) is 22.5. The number of para-hydroxylation sites is 1. The van der Waals surface area contributed by atoms with Crippen molar-refractivity contribution in [2.45, 2.75) is 45.5 Å². The maximum Gasteiger partial charge on any atom is 0.326 e. The second-order valence-electron chi connectivity index (χ2n) is 7.38. The number of hydrogen-bond acceptors (Lipinski definition) is 2. The van der Waals surface area contributed by atoms with E-state index in [9.17, 15) is 9.59 Å². The van der Waals surface area contributed by atoms with Crippen LogP contribution in [0.2, 0.25) is 0 Å². The molecule has 4 nitrogen and oxygen atoms in total. The molecule has 0 aliphatic carbocycles.